The number of amides is 1. The Morgan fingerprint density at radius 3 is 2.84 bits per heavy atom. The van der Waals surface area contributed by atoms with Gasteiger partial charge in [0.25, 0.3) is 5.91 Å². The van der Waals surface area contributed by atoms with Gasteiger partial charge in [0.05, 0.1) is 17.7 Å². The highest BCUT2D eigenvalue weighted by Crippen LogP contribution is 2.29. The molecule has 0 aliphatic carbocycles. The maximum atomic E-state index is 13.2. The Kier molecular flexibility index (Phi) is 6.72. The Hall–Kier alpha value is -3.36. The zero-order valence-electron chi connectivity index (χ0n) is 17.4. The molecule has 3 aromatic rings. The van der Waals surface area contributed by atoms with Crippen molar-refractivity contribution in [3.63, 3.8) is 0 Å². The fourth-order valence-electron chi connectivity index (χ4n) is 3.39. The molecule has 0 bridgehead atoms. The van der Waals surface area contributed by atoms with Crippen molar-refractivity contribution in [1.82, 2.24) is 14.9 Å². The van der Waals surface area contributed by atoms with Crippen LogP contribution in [-0.2, 0) is 11.3 Å². The second-order valence-electron chi connectivity index (χ2n) is 7.16. The quantitative estimate of drug-likeness (QED) is 0.461. The molecular formula is C23H21ClN6OS. The van der Waals surface area contributed by atoms with Gasteiger partial charge in [-0.25, -0.2) is 15.0 Å². The van der Waals surface area contributed by atoms with Gasteiger partial charge in [0.15, 0.2) is 5.11 Å². The summed E-state index contributed by atoms with van der Waals surface area (Å²) in [5.74, 6) is -0.240. The zero-order chi connectivity index (χ0) is 22.5. The number of nitrogens with zero attached hydrogens (tertiary/aromatic N) is 5. The number of hydrogen-bond acceptors (Lipinski definition) is 4. The second-order valence-corrected chi connectivity index (χ2v) is 7.98. The number of benzene rings is 2. The largest absolute Gasteiger partial charge is 0.337 e. The molecule has 0 fully saturated rings. The average molecular weight is 465 g/mol. The van der Waals surface area contributed by atoms with Gasteiger partial charge in [0, 0.05) is 54.8 Å². The molecule has 32 heavy (non-hydrogen) atoms. The summed E-state index contributed by atoms with van der Waals surface area (Å²) in [4.78, 5) is 27.8. The van der Waals surface area contributed by atoms with E-state index in [1.54, 1.807) is 36.8 Å². The number of aryl methyl sites for hydroxylation is 1. The van der Waals surface area contributed by atoms with Crippen LogP contribution in [0.3, 0.4) is 0 Å². The molecule has 1 aliphatic heterocycles. The number of fused-ring (bicyclic) bond motifs is 1. The van der Waals surface area contributed by atoms with Gasteiger partial charge in [-0.2, -0.15) is 0 Å². The van der Waals surface area contributed by atoms with Crippen LogP contribution in [0.5, 0.6) is 0 Å². The summed E-state index contributed by atoms with van der Waals surface area (Å²) in [6.07, 6.45) is 6.84. The molecule has 1 aromatic heterocycles. The average Bonchev–Trinajstić information content (AvgIpc) is 3.29. The van der Waals surface area contributed by atoms with Crippen molar-refractivity contribution in [2.45, 2.75) is 19.1 Å². The fraction of sp³-hybridized carbons (Fsp3) is 0.174. The Morgan fingerprint density at radius 1 is 1.28 bits per heavy atom. The van der Waals surface area contributed by atoms with E-state index in [0.717, 1.165) is 23.4 Å². The maximum Gasteiger partial charge on any atom is 0.272 e. The number of hydrogen-bond donors (Lipinski definition) is 1. The number of nitrogens with one attached hydrogen (secondary N) is 1. The normalized spacial score (nSPS) is 15.9. The van der Waals surface area contributed by atoms with Gasteiger partial charge in [-0.15, -0.1) is 0 Å². The standard InChI is InChI=1S/C23H21ClN6OS/c1-29-19-9-8-17(24)14-18(19)20(16-6-3-2-4-7-16)27-21(22(29)31)28-23(32)26-10-5-12-30-13-11-25-15-30/h2-4,6-11,13-15,21H,5,12H2,1H3,(H,28,32)/b26-10+. The number of carbonyl (C=O) groups excluding carboxylic acids is 1. The first-order chi connectivity index (χ1) is 15.5. The smallest absolute Gasteiger partial charge is 0.272 e. The number of likely N-dealkylation sites (N-methyl/N-ethyl adjacent to an activating group) is 1. The number of benzodiazepines with no additional fused rings is 1. The molecule has 0 saturated heterocycles. The highest BCUT2D eigenvalue weighted by Gasteiger charge is 2.30. The van der Waals surface area contributed by atoms with Crippen LogP contribution in [0.15, 0.2) is 77.2 Å². The van der Waals surface area contributed by atoms with E-state index in [0.29, 0.717) is 17.2 Å². The Bertz CT molecular complexity index is 1180. The van der Waals surface area contributed by atoms with Gasteiger partial charge in [0.1, 0.15) is 0 Å². The predicted octanol–water partition coefficient (Wildman–Crippen LogP) is 3.71. The van der Waals surface area contributed by atoms with Crippen molar-refractivity contribution in [2.75, 3.05) is 11.9 Å². The molecule has 1 amide bonds. The van der Waals surface area contributed by atoms with Crippen molar-refractivity contribution < 1.29 is 4.79 Å². The van der Waals surface area contributed by atoms with Crippen LogP contribution in [0, 0.1) is 0 Å². The molecule has 0 radical (unpaired) electrons. The summed E-state index contributed by atoms with van der Waals surface area (Å²) in [5, 5.41) is 3.75. The van der Waals surface area contributed by atoms with E-state index in [-0.39, 0.29) is 11.0 Å². The summed E-state index contributed by atoms with van der Waals surface area (Å²) >= 11 is 11.6. The van der Waals surface area contributed by atoms with Crippen molar-refractivity contribution in [1.29, 1.82) is 0 Å². The van der Waals surface area contributed by atoms with Gasteiger partial charge in [-0.3, -0.25) is 4.79 Å². The summed E-state index contributed by atoms with van der Waals surface area (Å²) in [6.45, 7) is 0.740. The molecule has 2 heterocycles. The number of anilines is 1. The molecule has 1 atom stereocenters. The summed E-state index contributed by atoms with van der Waals surface area (Å²) < 4.78 is 1.95. The van der Waals surface area contributed by atoms with Crippen LogP contribution in [0.1, 0.15) is 17.5 Å². The number of aromatic nitrogens is 2. The molecule has 1 aliphatic rings. The monoisotopic (exact) mass is 464 g/mol. The lowest BCUT2D eigenvalue weighted by Crippen LogP contribution is -2.45. The van der Waals surface area contributed by atoms with Crippen LogP contribution in [0.25, 0.3) is 0 Å². The van der Waals surface area contributed by atoms with E-state index in [9.17, 15) is 4.79 Å². The predicted molar refractivity (Wildman–Crippen MR) is 132 cm³/mol. The number of imidazole rings is 1. The molecule has 0 spiro atoms. The van der Waals surface area contributed by atoms with Gasteiger partial charge >= 0.3 is 0 Å². The van der Waals surface area contributed by atoms with E-state index < -0.39 is 6.17 Å². The first-order valence-corrected chi connectivity index (χ1v) is 10.8. The molecule has 2 aromatic carbocycles. The number of rotatable bonds is 5. The van der Waals surface area contributed by atoms with Crippen molar-refractivity contribution in [3.8, 4) is 0 Å². The number of carbonyl (C=O) groups is 1. The molecule has 1 unspecified atom stereocenters. The topological polar surface area (TPSA) is 74.9 Å². The molecule has 0 saturated carbocycles. The molecular weight excluding hydrogens is 444 g/mol. The SMILES string of the molecule is CN1C(=O)C(NC(=S)/N=C/CCn2ccnc2)N=C(c2ccccc2)c2cc(Cl)ccc21. The van der Waals surface area contributed by atoms with E-state index in [4.69, 9.17) is 28.8 Å². The molecule has 4 rings (SSSR count). The lowest BCUT2D eigenvalue weighted by Gasteiger charge is -2.21. The summed E-state index contributed by atoms with van der Waals surface area (Å²) in [7, 11) is 1.71. The second kappa shape index (κ2) is 9.84. The van der Waals surface area contributed by atoms with Gasteiger partial charge in [-0.1, -0.05) is 41.9 Å². The zero-order valence-corrected chi connectivity index (χ0v) is 18.9. The molecule has 162 valence electrons. The number of halogens is 1. The van der Waals surface area contributed by atoms with Gasteiger partial charge in [-0.05, 0) is 30.4 Å². The highest BCUT2D eigenvalue weighted by molar-refractivity contribution is 7.80. The van der Waals surface area contributed by atoms with E-state index in [1.807, 2.05) is 53.2 Å². The van der Waals surface area contributed by atoms with Crippen molar-refractivity contribution in [3.05, 3.63) is 83.4 Å². The van der Waals surface area contributed by atoms with Crippen molar-refractivity contribution in [2.24, 2.45) is 9.98 Å². The lowest BCUT2D eigenvalue weighted by atomic mass is 10.0. The summed E-state index contributed by atoms with van der Waals surface area (Å²) in [5.41, 5.74) is 3.03. The Labute approximate surface area is 196 Å². The molecule has 9 heteroatoms. The van der Waals surface area contributed by atoms with E-state index in [1.165, 1.54) is 0 Å². The minimum absolute atomic E-state index is 0.197. The van der Waals surface area contributed by atoms with Crippen LogP contribution in [0.2, 0.25) is 5.02 Å². The first-order valence-electron chi connectivity index (χ1n) is 10.0. The van der Waals surface area contributed by atoms with Crippen LogP contribution in [0.4, 0.5) is 5.69 Å². The highest BCUT2D eigenvalue weighted by atomic mass is 35.5. The Balaban J connectivity index is 1.59. The Morgan fingerprint density at radius 2 is 2.09 bits per heavy atom. The van der Waals surface area contributed by atoms with E-state index in [2.05, 4.69) is 15.3 Å². The number of thiocarbonyl (C=S) groups is 1. The minimum atomic E-state index is -0.917. The summed E-state index contributed by atoms with van der Waals surface area (Å²) in [6, 6.07) is 15.1. The third-order valence-corrected chi connectivity index (χ3v) is 5.45. The van der Waals surface area contributed by atoms with Gasteiger partial charge in [0.2, 0.25) is 6.17 Å². The third-order valence-electron chi connectivity index (χ3n) is 4.99. The minimum Gasteiger partial charge on any atom is -0.337 e. The van der Waals surface area contributed by atoms with Crippen LogP contribution >= 0.6 is 23.8 Å². The van der Waals surface area contributed by atoms with Crippen LogP contribution in [-0.4, -0.2) is 45.7 Å². The number of aliphatic imine (C=N–C) groups is 2. The lowest BCUT2D eigenvalue weighted by molar-refractivity contribution is -0.119. The molecule has 7 nitrogen and oxygen atoms in total. The van der Waals surface area contributed by atoms with Crippen molar-refractivity contribution >= 4 is 52.5 Å². The maximum absolute atomic E-state index is 13.2. The molecule has 1 N–H and O–H groups in total. The van der Waals surface area contributed by atoms with E-state index >= 15 is 0 Å². The van der Waals surface area contributed by atoms with Crippen LogP contribution < -0.4 is 10.2 Å². The van der Waals surface area contributed by atoms with Gasteiger partial charge < -0.3 is 14.8 Å². The third kappa shape index (κ3) is 4.92. The fourth-order valence-corrected chi connectivity index (χ4v) is 3.75. The first kappa shape index (κ1) is 21.9.